The number of rotatable bonds is 4. The second-order valence-corrected chi connectivity index (χ2v) is 6.99. The third-order valence-corrected chi connectivity index (χ3v) is 5.27. The highest BCUT2D eigenvalue weighted by atomic mass is 16.6. The first kappa shape index (κ1) is 17.8. The Morgan fingerprint density at radius 2 is 1.53 bits per heavy atom. The van der Waals surface area contributed by atoms with E-state index in [2.05, 4.69) is 10.2 Å². The largest absolute Gasteiger partial charge is 0.295 e. The van der Waals surface area contributed by atoms with Crippen LogP contribution in [0.5, 0.6) is 0 Å². The molecule has 1 aliphatic heterocycles. The molecule has 5 rings (SSSR count). The minimum absolute atomic E-state index is 0.00697. The highest BCUT2D eigenvalue weighted by Crippen LogP contribution is 2.44. The fourth-order valence-electron chi connectivity index (χ4n) is 3.91. The Balaban J connectivity index is 1.69. The molecule has 146 valence electrons. The molecular weight excluding hydrogens is 380 g/mol. The molecule has 4 aromatic rings. The van der Waals surface area contributed by atoms with Gasteiger partial charge in [-0.05, 0) is 29.8 Å². The average molecular weight is 396 g/mol. The molecule has 1 amide bonds. The van der Waals surface area contributed by atoms with Crippen LogP contribution in [0.1, 0.15) is 27.7 Å². The number of fused-ring (bicyclic) bond motifs is 1. The number of amides is 1. The number of para-hydroxylation sites is 1. The van der Waals surface area contributed by atoms with Crippen molar-refractivity contribution in [3.05, 3.63) is 112 Å². The van der Waals surface area contributed by atoms with Crippen LogP contribution in [0, 0.1) is 10.1 Å². The van der Waals surface area contributed by atoms with Crippen molar-refractivity contribution in [2.45, 2.75) is 6.04 Å². The Labute approximate surface area is 171 Å². The van der Waals surface area contributed by atoms with Crippen LogP contribution in [-0.2, 0) is 0 Å². The summed E-state index contributed by atoms with van der Waals surface area (Å²) < 4.78 is 0. The van der Waals surface area contributed by atoms with E-state index in [1.807, 2.05) is 60.7 Å². The van der Waals surface area contributed by atoms with Gasteiger partial charge in [-0.15, -0.1) is 0 Å². The van der Waals surface area contributed by atoms with Gasteiger partial charge in [0.25, 0.3) is 11.6 Å². The van der Waals surface area contributed by atoms with Gasteiger partial charge in [-0.2, -0.15) is 5.10 Å². The van der Waals surface area contributed by atoms with E-state index < -0.39 is 4.92 Å². The van der Waals surface area contributed by atoms with E-state index in [1.165, 1.54) is 12.1 Å². The van der Waals surface area contributed by atoms with E-state index in [0.717, 1.165) is 16.8 Å². The van der Waals surface area contributed by atoms with Crippen molar-refractivity contribution in [3.63, 3.8) is 0 Å². The SMILES string of the molecule is O=C1c2[nH]nc(-c3ccc([N+](=O)[O-])cc3)c2[C@H](c2ccccc2)N1c1ccccc1. The van der Waals surface area contributed by atoms with Crippen LogP contribution in [0.15, 0.2) is 84.9 Å². The fourth-order valence-corrected chi connectivity index (χ4v) is 3.91. The molecule has 1 atom stereocenters. The molecule has 0 saturated heterocycles. The van der Waals surface area contributed by atoms with Crippen molar-refractivity contribution in [2.75, 3.05) is 4.90 Å². The number of non-ortho nitro benzene ring substituents is 1. The third kappa shape index (κ3) is 2.76. The summed E-state index contributed by atoms with van der Waals surface area (Å²) >= 11 is 0. The molecule has 3 aromatic carbocycles. The van der Waals surface area contributed by atoms with Gasteiger partial charge in [-0.1, -0.05) is 48.5 Å². The van der Waals surface area contributed by atoms with Gasteiger partial charge in [0.2, 0.25) is 0 Å². The maximum Gasteiger partial charge on any atom is 0.277 e. The number of hydrogen-bond donors (Lipinski definition) is 1. The van der Waals surface area contributed by atoms with Crippen molar-refractivity contribution in [3.8, 4) is 11.3 Å². The molecule has 0 unspecified atom stereocenters. The second-order valence-electron chi connectivity index (χ2n) is 6.99. The minimum atomic E-state index is -0.438. The molecule has 0 fully saturated rings. The van der Waals surface area contributed by atoms with Gasteiger partial charge in [0.1, 0.15) is 5.69 Å². The summed E-state index contributed by atoms with van der Waals surface area (Å²) in [5.41, 5.74) is 4.27. The molecule has 1 aliphatic rings. The smallest absolute Gasteiger partial charge is 0.277 e. The Morgan fingerprint density at radius 1 is 0.900 bits per heavy atom. The van der Waals surface area contributed by atoms with Gasteiger partial charge < -0.3 is 0 Å². The van der Waals surface area contributed by atoms with Crippen molar-refractivity contribution < 1.29 is 9.72 Å². The summed E-state index contributed by atoms with van der Waals surface area (Å²) in [5, 5.41) is 18.3. The number of carbonyl (C=O) groups excluding carboxylic acids is 1. The molecule has 0 spiro atoms. The minimum Gasteiger partial charge on any atom is -0.295 e. The van der Waals surface area contributed by atoms with Gasteiger partial charge in [0.05, 0.1) is 16.7 Å². The summed E-state index contributed by atoms with van der Waals surface area (Å²) in [6.45, 7) is 0. The number of hydrogen-bond acceptors (Lipinski definition) is 4. The topological polar surface area (TPSA) is 92.1 Å². The highest BCUT2D eigenvalue weighted by Gasteiger charge is 2.42. The number of anilines is 1. The number of aromatic amines is 1. The van der Waals surface area contributed by atoms with Crippen LogP contribution in [0.3, 0.4) is 0 Å². The Kier molecular flexibility index (Phi) is 4.14. The van der Waals surface area contributed by atoms with E-state index in [0.29, 0.717) is 17.0 Å². The molecule has 2 heterocycles. The number of nitrogens with zero attached hydrogens (tertiary/aromatic N) is 3. The summed E-state index contributed by atoms with van der Waals surface area (Å²) in [6.07, 6.45) is 0. The molecule has 0 saturated carbocycles. The average Bonchev–Trinajstić information content (AvgIpc) is 3.34. The van der Waals surface area contributed by atoms with Crippen LogP contribution in [0.2, 0.25) is 0 Å². The van der Waals surface area contributed by atoms with Gasteiger partial charge in [-0.3, -0.25) is 24.9 Å². The maximum absolute atomic E-state index is 13.3. The maximum atomic E-state index is 13.3. The molecule has 1 aromatic heterocycles. The number of aromatic nitrogens is 2. The number of nitro groups is 1. The lowest BCUT2D eigenvalue weighted by molar-refractivity contribution is -0.384. The Bertz CT molecular complexity index is 1230. The van der Waals surface area contributed by atoms with E-state index >= 15 is 0 Å². The standard InChI is InChI=1S/C23H16N4O3/c28-23-21-19(20(24-25-21)15-11-13-18(14-12-15)27(29)30)22(16-7-3-1-4-8-16)26(23)17-9-5-2-6-10-17/h1-14,22H,(H,24,25)/t22-/m0/s1. The summed E-state index contributed by atoms with van der Waals surface area (Å²) in [5.74, 6) is -0.161. The monoisotopic (exact) mass is 396 g/mol. The predicted octanol–water partition coefficient (Wildman–Crippen LogP) is 4.73. The zero-order chi connectivity index (χ0) is 20.7. The first-order chi connectivity index (χ1) is 14.6. The van der Waals surface area contributed by atoms with Crippen molar-refractivity contribution in [1.82, 2.24) is 10.2 Å². The van der Waals surface area contributed by atoms with Crippen LogP contribution in [0.25, 0.3) is 11.3 Å². The van der Waals surface area contributed by atoms with Gasteiger partial charge >= 0.3 is 0 Å². The molecule has 7 nitrogen and oxygen atoms in total. The van der Waals surface area contributed by atoms with Crippen molar-refractivity contribution in [2.24, 2.45) is 0 Å². The van der Waals surface area contributed by atoms with E-state index in [-0.39, 0.29) is 17.6 Å². The van der Waals surface area contributed by atoms with Crippen LogP contribution in [0.4, 0.5) is 11.4 Å². The quantitative estimate of drug-likeness (QED) is 0.398. The predicted molar refractivity (Wildman–Crippen MR) is 112 cm³/mol. The lowest BCUT2D eigenvalue weighted by atomic mass is 9.96. The van der Waals surface area contributed by atoms with E-state index in [1.54, 1.807) is 17.0 Å². The zero-order valence-electron chi connectivity index (χ0n) is 15.7. The fraction of sp³-hybridized carbons (Fsp3) is 0.0435. The normalized spacial score (nSPS) is 15.3. The number of carbonyl (C=O) groups is 1. The molecule has 0 radical (unpaired) electrons. The summed E-state index contributed by atoms with van der Waals surface area (Å²) in [6, 6.07) is 25.1. The second kappa shape index (κ2) is 6.97. The number of H-pyrrole nitrogens is 1. The summed E-state index contributed by atoms with van der Waals surface area (Å²) in [7, 11) is 0. The molecular formula is C23H16N4O3. The first-order valence-electron chi connectivity index (χ1n) is 9.42. The molecule has 0 bridgehead atoms. The zero-order valence-corrected chi connectivity index (χ0v) is 15.7. The number of nitrogens with one attached hydrogen (secondary N) is 1. The number of nitro benzene ring substituents is 1. The molecule has 1 N–H and O–H groups in total. The molecule has 7 heteroatoms. The van der Waals surface area contributed by atoms with Crippen LogP contribution >= 0.6 is 0 Å². The summed E-state index contributed by atoms with van der Waals surface area (Å²) in [4.78, 5) is 25.7. The van der Waals surface area contributed by atoms with Crippen LogP contribution < -0.4 is 4.90 Å². The number of benzene rings is 3. The first-order valence-corrected chi connectivity index (χ1v) is 9.42. The Morgan fingerprint density at radius 3 is 2.17 bits per heavy atom. The highest BCUT2D eigenvalue weighted by molar-refractivity contribution is 6.11. The van der Waals surface area contributed by atoms with Gasteiger partial charge in [-0.25, -0.2) is 0 Å². The van der Waals surface area contributed by atoms with E-state index in [9.17, 15) is 14.9 Å². The lowest BCUT2D eigenvalue weighted by Gasteiger charge is -2.26. The third-order valence-electron chi connectivity index (χ3n) is 5.27. The van der Waals surface area contributed by atoms with Gasteiger partial charge in [0.15, 0.2) is 0 Å². The molecule has 0 aliphatic carbocycles. The van der Waals surface area contributed by atoms with Crippen molar-refractivity contribution in [1.29, 1.82) is 0 Å². The van der Waals surface area contributed by atoms with Crippen LogP contribution in [-0.4, -0.2) is 21.0 Å². The lowest BCUT2D eigenvalue weighted by Crippen LogP contribution is -2.29. The van der Waals surface area contributed by atoms with Crippen molar-refractivity contribution >= 4 is 17.3 Å². The Hall–Kier alpha value is -4.26. The van der Waals surface area contributed by atoms with Gasteiger partial charge in [0, 0.05) is 28.9 Å². The molecule has 30 heavy (non-hydrogen) atoms. The van der Waals surface area contributed by atoms with E-state index in [4.69, 9.17) is 0 Å².